The first-order valence-corrected chi connectivity index (χ1v) is 33.9. The van der Waals surface area contributed by atoms with Gasteiger partial charge in [-0.25, -0.2) is 8.78 Å². The van der Waals surface area contributed by atoms with Crippen molar-refractivity contribution in [2.45, 2.75) is 38.5 Å². The van der Waals surface area contributed by atoms with Gasteiger partial charge in [-0.2, -0.15) is 0 Å². The fraction of sp³-hybridized carbons (Fsp3) is 0.0638. The second-order valence-electron chi connectivity index (χ2n) is 26.2. The summed E-state index contributed by atoms with van der Waals surface area (Å²) in [4.78, 5) is 4.30. The van der Waals surface area contributed by atoms with Crippen LogP contribution in [0.2, 0.25) is 0 Å². The zero-order valence-corrected chi connectivity index (χ0v) is 56.1. The average Bonchev–Trinajstić information content (AvgIpc) is 1.51. The minimum atomic E-state index is -0.753. The van der Waals surface area contributed by atoms with Crippen LogP contribution < -0.4 is 19.3 Å². The Hall–Kier alpha value is -12.4. The molecule has 100 heavy (non-hydrogen) atoms. The molecule has 2 aliphatic rings. The van der Waals surface area contributed by atoms with E-state index in [0.29, 0.717) is 11.4 Å². The van der Waals surface area contributed by atoms with Crippen molar-refractivity contribution in [2.24, 2.45) is 0 Å². The van der Waals surface area contributed by atoms with Crippen LogP contribution in [0.15, 0.2) is 329 Å². The molecule has 4 nitrogen and oxygen atoms in total. The van der Waals surface area contributed by atoms with Crippen molar-refractivity contribution >= 4 is 46.3 Å². The van der Waals surface area contributed by atoms with Crippen LogP contribution in [0.1, 0.15) is 77.9 Å². The first-order chi connectivity index (χ1) is 48.9. The lowest BCUT2D eigenvalue weighted by Gasteiger charge is -2.36. The summed E-state index contributed by atoms with van der Waals surface area (Å²) in [5.74, 6) is 2.26. The van der Waals surface area contributed by atoms with Crippen LogP contribution in [0.3, 0.4) is 0 Å². The van der Waals surface area contributed by atoms with E-state index in [1.165, 1.54) is 34.4 Å². The number of nitrogens with zero attached hydrogens (tertiary/aromatic N) is 2. The van der Waals surface area contributed by atoms with E-state index in [1.807, 2.05) is 72.8 Å². The van der Waals surface area contributed by atoms with Crippen molar-refractivity contribution in [3.63, 3.8) is 0 Å². The molecule has 0 spiro atoms. The molecule has 2 unspecified atom stereocenters. The van der Waals surface area contributed by atoms with Gasteiger partial charge in [0, 0.05) is 34.1 Å². The minimum absolute atomic E-state index is 0.336. The molecule has 0 saturated heterocycles. The molecular weight excluding hydrogens is 1230 g/mol. The van der Waals surface area contributed by atoms with Gasteiger partial charge in [0.2, 0.25) is 0 Å². The van der Waals surface area contributed by atoms with Gasteiger partial charge in [-0.1, -0.05) is 218 Å². The van der Waals surface area contributed by atoms with Crippen molar-refractivity contribution in [2.75, 3.05) is 9.80 Å². The quantitative estimate of drug-likeness (QED) is 0.0907. The van der Waals surface area contributed by atoms with Crippen LogP contribution in [-0.4, -0.2) is 0 Å². The summed E-state index contributed by atoms with van der Waals surface area (Å²) in [6.45, 7) is 16.6. The molecule has 0 aliphatic heterocycles. The van der Waals surface area contributed by atoms with Crippen molar-refractivity contribution in [3.8, 4) is 56.4 Å². The summed E-state index contributed by atoms with van der Waals surface area (Å²) >= 11 is 0. The maximum absolute atomic E-state index is 15.8. The smallest absolute Gasteiger partial charge is 0.127 e. The van der Waals surface area contributed by atoms with E-state index in [9.17, 15) is 0 Å². The minimum Gasteiger partial charge on any atom is -0.457 e. The fourth-order valence-electron chi connectivity index (χ4n) is 15.5. The van der Waals surface area contributed by atoms with Crippen molar-refractivity contribution in [3.05, 3.63) is 418 Å². The van der Waals surface area contributed by atoms with Crippen LogP contribution in [0.4, 0.5) is 42.9 Å². The highest BCUT2D eigenvalue weighted by Crippen LogP contribution is 2.60. The number of rotatable bonds is 17. The molecule has 2 atom stereocenters. The molecule has 0 bridgehead atoms. The van der Waals surface area contributed by atoms with Gasteiger partial charge in [-0.15, -0.1) is 0 Å². The molecule has 0 saturated carbocycles. The molecule has 0 fully saturated rings. The van der Waals surface area contributed by atoms with Crippen LogP contribution in [0.25, 0.3) is 45.5 Å². The molecule has 0 amide bonds. The maximum atomic E-state index is 15.8. The number of halogens is 2. The molecule has 16 rings (SSSR count). The third-order valence-electron chi connectivity index (χ3n) is 20.2. The lowest BCUT2D eigenvalue weighted by atomic mass is 9.66. The van der Waals surface area contributed by atoms with Crippen molar-refractivity contribution in [1.82, 2.24) is 0 Å². The zero-order chi connectivity index (χ0) is 68.2. The van der Waals surface area contributed by atoms with Crippen LogP contribution in [0, 0.1) is 39.3 Å². The zero-order valence-electron chi connectivity index (χ0n) is 56.1. The SMILES string of the molecule is C=Cc1ccc(Oc2ccc(C3(c4cc(C)ccc4C)c4ccccc4-c4ccc(N(c5ccc(-c6ccc(N(c7cccc(F)c7)c7ccc8c(c7)C(c7ccc(Oc9ccc(C=C)cc9)cc7)(c7cc(C)ccc7C)c7ccccc7-8)cc6)cc5)c5cccc(F)c5)cc43)cc2)cc1. The van der Waals surface area contributed by atoms with E-state index in [4.69, 9.17) is 9.47 Å². The second kappa shape index (κ2) is 25.6. The average molecular weight is 1300 g/mol. The van der Waals surface area contributed by atoms with Gasteiger partial charge in [0.25, 0.3) is 0 Å². The standard InChI is InChI=1S/C94H70F2N2O2/c1-7-65-27-45-79(46-28-65)99-81-49-35-69(36-50-81)93(89-55-61(3)23-25-63(89)5)87-21-11-9-19-83(87)85-53-43-77(59-91(85)93)97(75-17-13-15-71(95)57-75)73-39-31-67(32-40-73)68-33-41-74(42-34-68)98(76-18-14-16-72(96)58-76)78-44-54-86-84-20-10-12-22-88(84)94(92(86)60-78,90-56-62(4)24-26-64(90)6)70-37-51-82(52-38-70)100-80-47-29-66(8-2)30-48-80/h7-60H,1-2H2,3-6H3. The summed E-state index contributed by atoms with van der Waals surface area (Å²) < 4.78 is 44.4. The largest absolute Gasteiger partial charge is 0.457 e. The Morgan fingerprint density at radius 1 is 0.290 bits per heavy atom. The predicted molar refractivity (Wildman–Crippen MR) is 408 cm³/mol. The van der Waals surface area contributed by atoms with Gasteiger partial charge in [0.1, 0.15) is 34.6 Å². The van der Waals surface area contributed by atoms with Crippen molar-refractivity contribution < 1.29 is 18.3 Å². The molecule has 0 radical (unpaired) electrons. The lowest BCUT2D eigenvalue weighted by molar-refractivity contribution is 0.482. The molecule has 14 aromatic carbocycles. The number of aryl methyl sites for hydroxylation is 4. The number of ether oxygens (including phenoxy) is 2. The molecule has 14 aromatic rings. The van der Waals surface area contributed by atoms with Gasteiger partial charge in [-0.3, -0.25) is 0 Å². The second-order valence-corrected chi connectivity index (χ2v) is 26.2. The van der Waals surface area contributed by atoms with Crippen LogP contribution in [-0.2, 0) is 10.8 Å². The Bertz CT molecular complexity index is 5130. The number of hydrogen-bond donors (Lipinski definition) is 0. The van der Waals surface area contributed by atoms with Crippen molar-refractivity contribution in [1.29, 1.82) is 0 Å². The van der Waals surface area contributed by atoms with E-state index in [-0.39, 0.29) is 11.6 Å². The Labute approximate surface area is 584 Å². The fourth-order valence-corrected chi connectivity index (χ4v) is 15.5. The van der Waals surface area contributed by atoms with Gasteiger partial charge < -0.3 is 19.3 Å². The summed E-state index contributed by atoms with van der Waals surface area (Å²) in [5, 5.41) is 0. The highest BCUT2D eigenvalue weighted by Gasteiger charge is 2.49. The van der Waals surface area contributed by atoms with Crippen LogP contribution in [0.5, 0.6) is 23.0 Å². The van der Waals surface area contributed by atoms with Gasteiger partial charge in [0.15, 0.2) is 0 Å². The summed E-state index contributed by atoms with van der Waals surface area (Å²) in [6, 6.07) is 108. The summed E-state index contributed by atoms with van der Waals surface area (Å²) in [7, 11) is 0. The normalized spacial score (nSPS) is 14.7. The Morgan fingerprint density at radius 3 is 1.00 bits per heavy atom. The number of hydrogen-bond acceptors (Lipinski definition) is 4. The third kappa shape index (κ3) is 10.9. The van der Waals surface area contributed by atoms with Gasteiger partial charge in [0.05, 0.1) is 10.8 Å². The molecular formula is C94H70F2N2O2. The molecule has 2 aliphatic carbocycles. The van der Waals surface area contributed by atoms with Gasteiger partial charge in [-0.05, 0) is 261 Å². The molecule has 0 N–H and O–H groups in total. The highest BCUT2D eigenvalue weighted by atomic mass is 19.1. The molecule has 0 aromatic heterocycles. The maximum Gasteiger partial charge on any atom is 0.127 e. The van der Waals surface area contributed by atoms with E-state index < -0.39 is 10.8 Å². The Balaban J connectivity index is 0.775. The first-order valence-electron chi connectivity index (χ1n) is 33.9. The summed E-state index contributed by atoms with van der Waals surface area (Å²) in [5.41, 5.74) is 25.7. The lowest BCUT2D eigenvalue weighted by Crippen LogP contribution is -2.30. The van der Waals surface area contributed by atoms with Gasteiger partial charge >= 0.3 is 0 Å². The molecule has 0 heterocycles. The Kier molecular flexibility index (Phi) is 16.0. The number of benzene rings is 14. The van der Waals surface area contributed by atoms with E-state index in [0.717, 1.165) is 135 Å². The Morgan fingerprint density at radius 2 is 0.630 bits per heavy atom. The number of anilines is 6. The predicted octanol–water partition coefficient (Wildman–Crippen LogP) is 25.4. The molecule has 6 heteroatoms. The van der Waals surface area contributed by atoms with E-state index in [2.05, 4.69) is 269 Å². The van der Waals surface area contributed by atoms with Crippen LogP contribution >= 0.6 is 0 Å². The number of fused-ring (bicyclic) bond motifs is 6. The highest BCUT2D eigenvalue weighted by molar-refractivity contribution is 5.92. The topological polar surface area (TPSA) is 24.9 Å². The molecule has 482 valence electrons. The third-order valence-corrected chi connectivity index (χ3v) is 20.2. The van der Waals surface area contributed by atoms with E-state index in [1.54, 1.807) is 24.3 Å². The summed E-state index contributed by atoms with van der Waals surface area (Å²) in [6.07, 6.45) is 3.65. The van der Waals surface area contributed by atoms with E-state index >= 15 is 8.78 Å². The monoisotopic (exact) mass is 1300 g/mol. The first kappa shape index (κ1) is 62.4.